The minimum absolute atomic E-state index is 0.710. The van der Waals surface area contributed by atoms with Crippen LogP contribution in [0.5, 0.6) is 0 Å². The lowest BCUT2D eigenvalue weighted by atomic mass is 10.2. The van der Waals surface area contributed by atoms with Crippen molar-refractivity contribution in [3.8, 4) is 11.5 Å². The molecule has 3 heterocycles. The average molecular weight is 282 g/mol. The van der Waals surface area contributed by atoms with E-state index < -0.39 is 0 Å². The van der Waals surface area contributed by atoms with Crippen LogP contribution in [0.3, 0.4) is 0 Å². The summed E-state index contributed by atoms with van der Waals surface area (Å²) in [5.74, 6) is 1.71. The van der Waals surface area contributed by atoms with Gasteiger partial charge in [0.25, 0.3) is 0 Å². The predicted octanol–water partition coefficient (Wildman–Crippen LogP) is 2.97. The molecule has 2 N–H and O–H groups in total. The molecule has 108 valence electrons. The van der Waals surface area contributed by atoms with E-state index >= 15 is 0 Å². The van der Waals surface area contributed by atoms with E-state index in [2.05, 4.69) is 33.5 Å². The van der Waals surface area contributed by atoms with Crippen molar-refractivity contribution >= 4 is 0 Å². The molecule has 0 saturated carbocycles. The molecule has 0 saturated heterocycles. The van der Waals surface area contributed by atoms with Crippen molar-refractivity contribution in [2.24, 2.45) is 0 Å². The van der Waals surface area contributed by atoms with Crippen molar-refractivity contribution in [1.29, 1.82) is 0 Å². The van der Waals surface area contributed by atoms with Gasteiger partial charge in [-0.3, -0.25) is 10.1 Å². The van der Waals surface area contributed by atoms with Gasteiger partial charge < -0.3 is 9.73 Å². The van der Waals surface area contributed by atoms with Crippen LogP contribution in [0.2, 0.25) is 0 Å². The maximum absolute atomic E-state index is 5.64. The van der Waals surface area contributed by atoms with Crippen LogP contribution in [0.15, 0.2) is 41.1 Å². The van der Waals surface area contributed by atoms with Crippen LogP contribution in [-0.4, -0.2) is 15.2 Å². The van der Waals surface area contributed by atoms with Gasteiger partial charge in [0.1, 0.15) is 11.5 Å². The average Bonchev–Trinajstić information content (AvgIpc) is 3.09. The first-order chi connectivity index (χ1) is 10.2. The van der Waals surface area contributed by atoms with Crippen LogP contribution in [0.4, 0.5) is 0 Å². The molecule has 0 aromatic carbocycles. The van der Waals surface area contributed by atoms with Gasteiger partial charge in [-0.2, -0.15) is 5.10 Å². The summed E-state index contributed by atoms with van der Waals surface area (Å²) in [5.41, 5.74) is 4.27. The van der Waals surface area contributed by atoms with E-state index in [0.29, 0.717) is 6.54 Å². The minimum Gasteiger partial charge on any atom is -0.460 e. The number of nitrogens with zero attached hydrogens (tertiary/aromatic N) is 2. The Kier molecular flexibility index (Phi) is 3.83. The molecular formula is C16H18N4O. The number of aromatic nitrogens is 3. The molecule has 0 aliphatic heterocycles. The molecule has 0 spiro atoms. The standard InChI is InChI=1S/C16H18N4O/c1-11-4-3-7-18-14(11)10-17-8-13-9-19-20-16(13)15-6-5-12(2)21-15/h3-7,9,17H,8,10H2,1-2H3,(H,19,20). The minimum atomic E-state index is 0.710. The summed E-state index contributed by atoms with van der Waals surface area (Å²) >= 11 is 0. The molecule has 5 nitrogen and oxygen atoms in total. The summed E-state index contributed by atoms with van der Waals surface area (Å²) in [4.78, 5) is 4.38. The second kappa shape index (κ2) is 5.93. The van der Waals surface area contributed by atoms with E-state index in [9.17, 15) is 0 Å². The molecule has 3 aromatic rings. The van der Waals surface area contributed by atoms with Gasteiger partial charge in [-0.25, -0.2) is 0 Å². The Morgan fingerprint density at radius 3 is 2.86 bits per heavy atom. The van der Waals surface area contributed by atoms with Crippen molar-refractivity contribution in [3.63, 3.8) is 0 Å². The summed E-state index contributed by atoms with van der Waals surface area (Å²) in [7, 11) is 0. The smallest absolute Gasteiger partial charge is 0.152 e. The maximum atomic E-state index is 5.64. The highest BCUT2D eigenvalue weighted by Gasteiger charge is 2.11. The molecular weight excluding hydrogens is 264 g/mol. The number of pyridine rings is 1. The molecule has 0 unspecified atom stereocenters. The van der Waals surface area contributed by atoms with E-state index in [1.165, 1.54) is 5.56 Å². The Morgan fingerprint density at radius 2 is 2.10 bits per heavy atom. The number of aromatic amines is 1. The Morgan fingerprint density at radius 1 is 1.19 bits per heavy atom. The normalized spacial score (nSPS) is 11.0. The molecule has 0 atom stereocenters. The summed E-state index contributed by atoms with van der Waals surface area (Å²) in [6, 6.07) is 7.92. The quantitative estimate of drug-likeness (QED) is 0.755. The van der Waals surface area contributed by atoms with Gasteiger partial charge in [0.2, 0.25) is 0 Å². The van der Waals surface area contributed by atoms with Gasteiger partial charge in [0.05, 0.1) is 11.9 Å². The fraction of sp³-hybridized carbons (Fsp3) is 0.250. The molecule has 0 aliphatic rings. The maximum Gasteiger partial charge on any atom is 0.152 e. The fourth-order valence-electron chi connectivity index (χ4n) is 2.25. The van der Waals surface area contributed by atoms with Crippen molar-refractivity contribution in [3.05, 3.63) is 59.2 Å². The number of nitrogens with one attached hydrogen (secondary N) is 2. The first-order valence-corrected chi connectivity index (χ1v) is 6.94. The molecule has 0 radical (unpaired) electrons. The first kappa shape index (κ1) is 13.6. The van der Waals surface area contributed by atoms with Gasteiger partial charge >= 0.3 is 0 Å². The summed E-state index contributed by atoms with van der Waals surface area (Å²) < 4.78 is 5.64. The first-order valence-electron chi connectivity index (χ1n) is 6.94. The van der Waals surface area contributed by atoms with Gasteiger partial charge in [0.15, 0.2) is 5.76 Å². The SMILES string of the molecule is Cc1ccc(-c2[nH]ncc2CNCc2ncccc2C)o1. The van der Waals surface area contributed by atoms with Crippen molar-refractivity contribution in [1.82, 2.24) is 20.5 Å². The molecule has 0 amide bonds. The molecule has 5 heteroatoms. The molecule has 3 rings (SSSR count). The van der Waals surface area contributed by atoms with Crippen LogP contribution < -0.4 is 5.32 Å². The highest BCUT2D eigenvalue weighted by molar-refractivity contribution is 5.56. The van der Waals surface area contributed by atoms with Crippen LogP contribution in [0, 0.1) is 13.8 Å². The van der Waals surface area contributed by atoms with E-state index in [-0.39, 0.29) is 0 Å². The Bertz CT molecular complexity index is 729. The number of aryl methyl sites for hydroxylation is 2. The van der Waals surface area contributed by atoms with Gasteiger partial charge in [0, 0.05) is 24.8 Å². The third kappa shape index (κ3) is 3.03. The molecule has 0 fully saturated rings. The topological polar surface area (TPSA) is 66.7 Å². The summed E-state index contributed by atoms with van der Waals surface area (Å²) in [6.07, 6.45) is 3.64. The van der Waals surface area contributed by atoms with Crippen molar-refractivity contribution in [2.75, 3.05) is 0 Å². The number of rotatable bonds is 5. The third-order valence-corrected chi connectivity index (χ3v) is 3.43. The zero-order valence-corrected chi connectivity index (χ0v) is 12.2. The molecule has 3 aromatic heterocycles. The van der Waals surface area contributed by atoms with Crippen molar-refractivity contribution < 1.29 is 4.42 Å². The predicted molar refractivity (Wildman–Crippen MR) is 80.5 cm³/mol. The van der Waals surface area contributed by atoms with Crippen LogP contribution in [0.25, 0.3) is 11.5 Å². The number of furan rings is 1. The number of hydrogen-bond acceptors (Lipinski definition) is 4. The molecule has 21 heavy (non-hydrogen) atoms. The third-order valence-electron chi connectivity index (χ3n) is 3.43. The van der Waals surface area contributed by atoms with Crippen LogP contribution in [-0.2, 0) is 13.1 Å². The highest BCUT2D eigenvalue weighted by Crippen LogP contribution is 2.23. The Labute approximate surface area is 123 Å². The number of hydrogen-bond donors (Lipinski definition) is 2. The van der Waals surface area contributed by atoms with Crippen molar-refractivity contribution in [2.45, 2.75) is 26.9 Å². The van der Waals surface area contributed by atoms with Gasteiger partial charge in [-0.1, -0.05) is 6.07 Å². The van der Waals surface area contributed by atoms with Gasteiger partial charge in [-0.15, -0.1) is 0 Å². The van der Waals surface area contributed by atoms with E-state index in [1.807, 2.05) is 37.5 Å². The lowest BCUT2D eigenvalue weighted by molar-refractivity contribution is 0.545. The molecule has 0 bridgehead atoms. The largest absolute Gasteiger partial charge is 0.460 e. The fourth-order valence-corrected chi connectivity index (χ4v) is 2.25. The Balaban J connectivity index is 1.67. The second-order valence-corrected chi connectivity index (χ2v) is 5.05. The highest BCUT2D eigenvalue weighted by atomic mass is 16.3. The number of H-pyrrole nitrogens is 1. The van der Waals surface area contributed by atoms with Crippen LogP contribution in [0.1, 0.15) is 22.6 Å². The second-order valence-electron chi connectivity index (χ2n) is 5.05. The monoisotopic (exact) mass is 282 g/mol. The van der Waals surface area contributed by atoms with Gasteiger partial charge in [-0.05, 0) is 37.6 Å². The van der Waals surface area contributed by atoms with Crippen LogP contribution >= 0.6 is 0 Å². The van der Waals surface area contributed by atoms with E-state index in [4.69, 9.17) is 4.42 Å². The lowest BCUT2D eigenvalue weighted by Crippen LogP contribution is -2.14. The lowest BCUT2D eigenvalue weighted by Gasteiger charge is -2.06. The summed E-state index contributed by atoms with van der Waals surface area (Å²) in [5, 5.41) is 10.5. The summed E-state index contributed by atoms with van der Waals surface area (Å²) in [6.45, 7) is 5.44. The zero-order chi connectivity index (χ0) is 14.7. The van der Waals surface area contributed by atoms with E-state index in [0.717, 1.165) is 35.0 Å². The zero-order valence-electron chi connectivity index (χ0n) is 12.2. The molecule has 0 aliphatic carbocycles. The Hall–Kier alpha value is -2.40. The van der Waals surface area contributed by atoms with E-state index in [1.54, 1.807) is 0 Å².